The van der Waals surface area contributed by atoms with Gasteiger partial charge in [0.25, 0.3) is 0 Å². The average Bonchev–Trinajstić information content (AvgIpc) is 2.36. The van der Waals surface area contributed by atoms with Gasteiger partial charge in [0.2, 0.25) is 11.8 Å². The van der Waals surface area contributed by atoms with Crippen LogP contribution in [0.15, 0.2) is 18.2 Å². The predicted octanol–water partition coefficient (Wildman–Crippen LogP) is 1.87. The minimum Gasteiger partial charge on any atom is -0.326 e. The van der Waals surface area contributed by atoms with E-state index in [1.54, 1.807) is 6.07 Å². The van der Waals surface area contributed by atoms with Crippen molar-refractivity contribution >= 4 is 23.2 Å². The molecule has 2 amide bonds. The molecule has 16 heavy (non-hydrogen) atoms. The Morgan fingerprint density at radius 2 is 2.06 bits per heavy atom. The van der Waals surface area contributed by atoms with Gasteiger partial charge in [0.05, 0.1) is 5.41 Å². The third-order valence-corrected chi connectivity index (χ3v) is 2.83. The fourth-order valence-electron chi connectivity index (χ4n) is 1.87. The summed E-state index contributed by atoms with van der Waals surface area (Å²) in [4.78, 5) is 22.6. The molecule has 2 rings (SSSR count). The van der Waals surface area contributed by atoms with Gasteiger partial charge in [-0.15, -0.1) is 0 Å². The number of hydrogen-bond acceptors (Lipinski definition) is 2. The van der Waals surface area contributed by atoms with Crippen molar-refractivity contribution in [2.75, 3.05) is 10.6 Å². The molecule has 1 aliphatic heterocycles. The lowest BCUT2D eigenvalue weighted by Crippen LogP contribution is -2.26. The van der Waals surface area contributed by atoms with Crippen LogP contribution in [-0.2, 0) is 15.0 Å². The molecule has 4 heteroatoms. The summed E-state index contributed by atoms with van der Waals surface area (Å²) in [5.74, 6) is -0.133. The van der Waals surface area contributed by atoms with Crippen molar-refractivity contribution in [2.45, 2.75) is 26.2 Å². The van der Waals surface area contributed by atoms with Crippen molar-refractivity contribution in [1.82, 2.24) is 0 Å². The highest BCUT2D eigenvalue weighted by Crippen LogP contribution is 2.38. The lowest BCUT2D eigenvalue weighted by Gasteiger charge is -2.14. The first-order chi connectivity index (χ1) is 7.41. The number of amides is 2. The molecular formula is C12H14N2O2. The van der Waals surface area contributed by atoms with Crippen LogP contribution in [0.2, 0.25) is 0 Å². The first kappa shape index (κ1) is 10.7. The van der Waals surface area contributed by atoms with Gasteiger partial charge in [-0.3, -0.25) is 9.59 Å². The Labute approximate surface area is 94.0 Å². The number of hydrogen-bond donors (Lipinski definition) is 2. The van der Waals surface area contributed by atoms with Crippen LogP contribution in [-0.4, -0.2) is 11.8 Å². The van der Waals surface area contributed by atoms with E-state index in [9.17, 15) is 9.59 Å². The van der Waals surface area contributed by atoms with E-state index in [2.05, 4.69) is 10.6 Å². The van der Waals surface area contributed by atoms with E-state index < -0.39 is 5.41 Å². The molecule has 4 nitrogen and oxygen atoms in total. The van der Waals surface area contributed by atoms with Gasteiger partial charge < -0.3 is 10.6 Å². The van der Waals surface area contributed by atoms with Crippen LogP contribution in [0.25, 0.3) is 0 Å². The fourth-order valence-corrected chi connectivity index (χ4v) is 1.87. The zero-order valence-corrected chi connectivity index (χ0v) is 9.55. The van der Waals surface area contributed by atoms with E-state index in [4.69, 9.17) is 0 Å². The van der Waals surface area contributed by atoms with Gasteiger partial charge >= 0.3 is 0 Å². The second kappa shape index (κ2) is 3.33. The largest absolute Gasteiger partial charge is 0.326 e. The summed E-state index contributed by atoms with van der Waals surface area (Å²) >= 11 is 0. The van der Waals surface area contributed by atoms with Crippen molar-refractivity contribution in [2.24, 2.45) is 0 Å². The molecule has 0 bridgehead atoms. The van der Waals surface area contributed by atoms with Gasteiger partial charge in [0.1, 0.15) is 0 Å². The van der Waals surface area contributed by atoms with E-state index >= 15 is 0 Å². The molecule has 0 unspecified atom stereocenters. The summed E-state index contributed by atoms with van der Waals surface area (Å²) in [6, 6.07) is 5.46. The second-order valence-corrected chi connectivity index (χ2v) is 4.52. The molecule has 1 aromatic carbocycles. The van der Waals surface area contributed by atoms with Crippen molar-refractivity contribution in [3.63, 3.8) is 0 Å². The third kappa shape index (κ3) is 1.56. The number of rotatable bonds is 1. The van der Waals surface area contributed by atoms with Crippen LogP contribution in [0, 0.1) is 0 Å². The maximum Gasteiger partial charge on any atom is 0.234 e. The van der Waals surface area contributed by atoms with Crippen molar-refractivity contribution < 1.29 is 9.59 Å². The standard InChI is InChI=1S/C12H14N2O2/c1-7(15)13-8-4-5-9-10(6-8)14-11(16)12(9,2)3/h4-6H,1-3H3,(H,13,15)(H,14,16). The molecule has 0 spiro atoms. The zero-order chi connectivity index (χ0) is 11.9. The van der Waals surface area contributed by atoms with Gasteiger partial charge in [-0.1, -0.05) is 6.07 Å². The van der Waals surface area contributed by atoms with Gasteiger partial charge in [-0.05, 0) is 31.5 Å². The maximum absolute atomic E-state index is 11.7. The van der Waals surface area contributed by atoms with Crippen molar-refractivity contribution in [3.8, 4) is 0 Å². The summed E-state index contributed by atoms with van der Waals surface area (Å²) < 4.78 is 0. The van der Waals surface area contributed by atoms with Crippen LogP contribution >= 0.6 is 0 Å². The second-order valence-electron chi connectivity index (χ2n) is 4.52. The van der Waals surface area contributed by atoms with E-state index in [1.165, 1.54) is 6.92 Å². The highest BCUT2D eigenvalue weighted by atomic mass is 16.2. The lowest BCUT2D eigenvalue weighted by atomic mass is 9.86. The van der Waals surface area contributed by atoms with E-state index in [0.717, 1.165) is 11.3 Å². The predicted molar refractivity (Wildman–Crippen MR) is 62.4 cm³/mol. The van der Waals surface area contributed by atoms with Crippen LogP contribution in [0.4, 0.5) is 11.4 Å². The summed E-state index contributed by atoms with van der Waals surface area (Å²) in [5, 5.41) is 5.50. The Hall–Kier alpha value is -1.84. The molecule has 0 radical (unpaired) electrons. The first-order valence-corrected chi connectivity index (χ1v) is 5.15. The molecule has 0 fully saturated rings. The van der Waals surface area contributed by atoms with E-state index in [0.29, 0.717) is 5.69 Å². The number of carbonyl (C=O) groups excluding carboxylic acids is 2. The molecule has 1 heterocycles. The zero-order valence-electron chi connectivity index (χ0n) is 9.55. The molecule has 0 aliphatic carbocycles. The number of fused-ring (bicyclic) bond motifs is 1. The number of benzene rings is 1. The molecule has 1 aromatic rings. The Morgan fingerprint density at radius 1 is 1.38 bits per heavy atom. The quantitative estimate of drug-likeness (QED) is 0.756. The SMILES string of the molecule is CC(=O)Nc1ccc2c(c1)NC(=O)C2(C)C. The minimum absolute atomic E-state index is 0.0116. The van der Waals surface area contributed by atoms with Crippen LogP contribution in [0.3, 0.4) is 0 Å². The lowest BCUT2D eigenvalue weighted by molar-refractivity contribution is -0.119. The molecule has 2 N–H and O–H groups in total. The smallest absolute Gasteiger partial charge is 0.234 e. The van der Waals surface area contributed by atoms with Crippen LogP contribution < -0.4 is 10.6 Å². The Balaban J connectivity index is 2.40. The molecule has 0 atom stereocenters. The van der Waals surface area contributed by atoms with Crippen molar-refractivity contribution in [3.05, 3.63) is 23.8 Å². The number of nitrogens with one attached hydrogen (secondary N) is 2. The molecular weight excluding hydrogens is 204 g/mol. The first-order valence-electron chi connectivity index (χ1n) is 5.15. The number of anilines is 2. The van der Waals surface area contributed by atoms with Crippen LogP contribution in [0.5, 0.6) is 0 Å². The van der Waals surface area contributed by atoms with Gasteiger partial charge in [-0.25, -0.2) is 0 Å². The normalized spacial score (nSPS) is 16.6. The fraction of sp³-hybridized carbons (Fsp3) is 0.333. The highest BCUT2D eigenvalue weighted by Gasteiger charge is 2.38. The van der Waals surface area contributed by atoms with Gasteiger partial charge in [0.15, 0.2) is 0 Å². The summed E-state index contributed by atoms with van der Waals surface area (Å²) in [6.45, 7) is 5.22. The average molecular weight is 218 g/mol. The molecule has 0 saturated carbocycles. The topological polar surface area (TPSA) is 58.2 Å². The molecule has 84 valence electrons. The van der Waals surface area contributed by atoms with Crippen LogP contribution in [0.1, 0.15) is 26.3 Å². The number of carbonyl (C=O) groups is 2. The Bertz CT molecular complexity index is 478. The Kier molecular flexibility index (Phi) is 2.22. The maximum atomic E-state index is 11.7. The minimum atomic E-state index is -0.496. The summed E-state index contributed by atoms with van der Waals surface area (Å²) in [6.07, 6.45) is 0. The molecule has 0 aromatic heterocycles. The molecule has 0 saturated heterocycles. The summed E-state index contributed by atoms with van der Waals surface area (Å²) in [7, 11) is 0. The van der Waals surface area contributed by atoms with E-state index in [-0.39, 0.29) is 11.8 Å². The van der Waals surface area contributed by atoms with Gasteiger partial charge in [-0.2, -0.15) is 0 Å². The summed E-state index contributed by atoms with van der Waals surface area (Å²) in [5.41, 5.74) is 1.95. The molecule has 1 aliphatic rings. The van der Waals surface area contributed by atoms with E-state index in [1.807, 2.05) is 26.0 Å². The van der Waals surface area contributed by atoms with Gasteiger partial charge in [0, 0.05) is 18.3 Å². The Morgan fingerprint density at radius 3 is 2.69 bits per heavy atom. The monoisotopic (exact) mass is 218 g/mol. The highest BCUT2D eigenvalue weighted by molar-refractivity contribution is 6.06. The third-order valence-electron chi connectivity index (χ3n) is 2.83. The van der Waals surface area contributed by atoms with Crippen molar-refractivity contribution in [1.29, 1.82) is 0 Å².